The van der Waals surface area contributed by atoms with Gasteiger partial charge in [0.05, 0.1) is 12.1 Å². The maximum absolute atomic E-state index is 11.9. The fourth-order valence-electron chi connectivity index (χ4n) is 0.495. The Morgan fingerprint density at radius 3 is 2.00 bits per heavy atom. The van der Waals surface area contributed by atoms with Gasteiger partial charge in [0.1, 0.15) is 0 Å². The molecule has 10 heteroatoms. The second-order valence-electron chi connectivity index (χ2n) is 2.06. The van der Waals surface area contributed by atoms with Gasteiger partial charge in [-0.25, -0.2) is 4.99 Å². The largest absolute Gasteiger partial charge is 0.452 e. The monoisotopic (exact) mass is 237 g/mol. The highest BCUT2D eigenvalue weighted by Crippen LogP contribution is 2.26. The Morgan fingerprint density at radius 1 is 1.00 bits per heavy atom. The van der Waals surface area contributed by atoms with Crippen LogP contribution >= 0.6 is 12.1 Å². The Bertz CT molecular complexity index is 288. The maximum atomic E-state index is 11.9. The summed E-state index contributed by atoms with van der Waals surface area (Å²) in [4.78, 5) is 2.31. The van der Waals surface area contributed by atoms with Crippen molar-refractivity contribution >= 4 is 23.8 Å². The smallest absolute Gasteiger partial charge is 0.291 e. The molecule has 0 saturated carbocycles. The van der Waals surface area contributed by atoms with Gasteiger partial charge in [-0.05, 0) is 0 Å². The molecule has 0 atom stereocenters. The van der Waals surface area contributed by atoms with E-state index in [1.54, 1.807) is 0 Å². The van der Waals surface area contributed by atoms with E-state index in [0.717, 1.165) is 0 Å². The molecule has 1 N–H and O–H groups in total. The van der Waals surface area contributed by atoms with Gasteiger partial charge >= 0.3 is 12.4 Å². The van der Waals surface area contributed by atoms with E-state index in [0.29, 0.717) is 0 Å². The third-order valence-electron chi connectivity index (χ3n) is 1.01. The summed E-state index contributed by atoms with van der Waals surface area (Å²) in [6.07, 6.45) is -9.93. The first-order valence-corrected chi connectivity index (χ1v) is 3.71. The molecule has 3 nitrogen and oxygen atoms in total. The fourth-order valence-corrected chi connectivity index (χ4v) is 1.02. The Kier molecular flexibility index (Phi) is 2.65. The number of alkyl halides is 6. The Morgan fingerprint density at radius 2 is 1.57 bits per heavy atom. The first kappa shape index (κ1) is 11.1. The number of rotatable bonds is 0. The molecule has 1 aliphatic rings. The van der Waals surface area contributed by atoms with Crippen molar-refractivity contribution in [3.8, 4) is 0 Å². The van der Waals surface area contributed by atoms with Crippen LogP contribution in [0.3, 0.4) is 0 Å². The summed E-state index contributed by atoms with van der Waals surface area (Å²) in [7, 11) is 0. The number of amidine groups is 2. The summed E-state index contributed by atoms with van der Waals surface area (Å²) in [5.74, 6) is -3.53. The van der Waals surface area contributed by atoms with Gasteiger partial charge in [0, 0.05) is 0 Å². The van der Waals surface area contributed by atoms with Crippen LogP contribution in [0, 0.1) is 0 Å². The van der Waals surface area contributed by atoms with Crippen molar-refractivity contribution in [3.63, 3.8) is 0 Å². The SMILES string of the molecule is FC(F)(F)C1=NSNC(C(F)(F)F)=N1. The molecule has 80 valence electrons. The summed E-state index contributed by atoms with van der Waals surface area (Å²) in [5, 5.41) is 0. The lowest BCUT2D eigenvalue weighted by Gasteiger charge is -2.15. The highest BCUT2D eigenvalue weighted by molar-refractivity contribution is 7.96. The van der Waals surface area contributed by atoms with Crippen LogP contribution in [-0.4, -0.2) is 24.0 Å². The molecule has 1 aliphatic heterocycles. The predicted octanol–water partition coefficient (Wildman–Crippen LogP) is 2.07. The van der Waals surface area contributed by atoms with Crippen LogP contribution in [0.5, 0.6) is 0 Å². The van der Waals surface area contributed by atoms with E-state index in [-0.39, 0.29) is 12.1 Å². The van der Waals surface area contributed by atoms with Crippen LogP contribution < -0.4 is 4.72 Å². The van der Waals surface area contributed by atoms with E-state index >= 15 is 0 Å². The topological polar surface area (TPSA) is 36.8 Å². The molecule has 1 rings (SSSR count). The molecule has 0 saturated heterocycles. The first-order valence-electron chi connectivity index (χ1n) is 2.94. The molecule has 0 aromatic carbocycles. The molecule has 0 aliphatic carbocycles. The van der Waals surface area contributed by atoms with Gasteiger partial charge in [-0.1, -0.05) is 0 Å². The average Bonchev–Trinajstić information content (AvgIpc) is 2.01. The Hall–Kier alpha value is -0.930. The van der Waals surface area contributed by atoms with E-state index in [2.05, 4.69) is 9.39 Å². The van der Waals surface area contributed by atoms with Gasteiger partial charge in [0.15, 0.2) is 0 Å². The molecule has 0 radical (unpaired) electrons. The van der Waals surface area contributed by atoms with Crippen LogP contribution in [0.25, 0.3) is 0 Å². The minimum absolute atomic E-state index is 0.0680. The van der Waals surface area contributed by atoms with Gasteiger partial charge in [-0.2, -0.15) is 30.7 Å². The minimum atomic E-state index is -4.98. The molecular weight excluding hydrogens is 236 g/mol. The maximum Gasteiger partial charge on any atom is 0.452 e. The summed E-state index contributed by atoms with van der Waals surface area (Å²) in [5.41, 5.74) is 0. The molecule has 0 amide bonds. The van der Waals surface area contributed by atoms with Gasteiger partial charge in [0.2, 0.25) is 11.7 Å². The predicted molar refractivity (Wildman–Crippen MR) is 37.7 cm³/mol. The van der Waals surface area contributed by atoms with Crippen molar-refractivity contribution < 1.29 is 26.3 Å². The molecule has 0 aromatic heterocycles. The van der Waals surface area contributed by atoms with E-state index in [1.165, 1.54) is 4.72 Å². The van der Waals surface area contributed by atoms with Gasteiger partial charge < -0.3 is 0 Å². The van der Waals surface area contributed by atoms with Crippen LogP contribution in [0.15, 0.2) is 9.39 Å². The molecular formula is C4HF6N3S. The van der Waals surface area contributed by atoms with Crippen molar-refractivity contribution in [2.75, 3.05) is 0 Å². The van der Waals surface area contributed by atoms with Crippen molar-refractivity contribution in [2.45, 2.75) is 12.4 Å². The average molecular weight is 237 g/mol. The second-order valence-corrected chi connectivity index (χ2v) is 2.63. The summed E-state index contributed by atoms with van der Waals surface area (Å²) >= 11 is -0.0680. The second kappa shape index (κ2) is 3.33. The normalized spacial score (nSPS) is 18.4. The van der Waals surface area contributed by atoms with Crippen molar-refractivity contribution in [1.82, 2.24) is 4.72 Å². The lowest BCUT2D eigenvalue weighted by Crippen LogP contribution is -2.38. The van der Waals surface area contributed by atoms with E-state index in [1.807, 2.05) is 0 Å². The number of hydrogen-bond acceptors (Lipinski definition) is 4. The fraction of sp³-hybridized carbons (Fsp3) is 0.500. The molecule has 0 bridgehead atoms. The van der Waals surface area contributed by atoms with Crippen LogP contribution in [-0.2, 0) is 0 Å². The summed E-state index contributed by atoms with van der Waals surface area (Å²) in [6, 6.07) is 0. The molecule has 14 heavy (non-hydrogen) atoms. The zero-order chi connectivity index (χ0) is 11.0. The first-order chi connectivity index (χ1) is 6.21. The van der Waals surface area contributed by atoms with Crippen LogP contribution in [0.4, 0.5) is 26.3 Å². The molecule has 1 heterocycles. The highest BCUT2D eigenvalue weighted by Gasteiger charge is 2.43. The Balaban J connectivity index is 2.95. The lowest BCUT2D eigenvalue weighted by molar-refractivity contribution is -0.0639. The van der Waals surface area contributed by atoms with Crippen molar-refractivity contribution in [3.05, 3.63) is 0 Å². The Labute approximate surface area is 77.6 Å². The molecule has 0 aromatic rings. The molecule has 0 unspecified atom stereocenters. The van der Waals surface area contributed by atoms with Crippen molar-refractivity contribution in [1.29, 1.82) is 0 Å². The van der Waals surface area contributed by atoms with Gasteiger partial charge in [-0.3, -0.25) is 4.72 Å². The summed E-state index contributed by atoms with van der Waals surface area (Å²) in [6.45, 7) is 0. The van der Waals surface area contributed by atoms with Gasteiger partial charge in [0.25, 0.3) is 0 Å². The lowest BCUT2D eigenvalue weighted by atomic mass is 10.5. The third-order valence-corrected chi connectivity index (χ3v) is 1.56. The standard InChI is InChI=1S/C4HF6N3S/c5-3(6,7)1-11-2(4(8,9)10)13-14-12-1/h(H,11,12,13). The number of nitrogens with one attached hydrogen (secondary N) is 1. The summed E-state index contributed by atoms with van der Waals surface area (Å²) < 4.78 is 75.4. The number of nitrogens with zero attached hydrogens (tertiary/aromatic N) is 2. The number of hydrogen-bond donors (Lipinski definition) is 1. The van der Waals surface area contributed by atoms with Crippen LogP contribution in [0.2, 0.25) is 0 Å². The van der Waals surface area contributed by atoms with E-state index < -0.39 is 24.0 Å². The third kappa shape index (κ3) is 2.53. The molecule has 0 fully saturated rings. The van der Waals surface area contributed by atoms with Crippen LogP contribution in [0.1, 0.15) is 0 Å². The highest BCUT2D eigenvalue weighted by atomic mass is 32.2. The van der Waals surface area contributed by atoms with Gasteiger partial charge in [-0.15, -0.1) is 0 Å². The zero-order valence-electron chi connectivity index (χ0n) is 6.07. The quantitative estimate of drug-likeness (QED) is 0.517. The van der Waals surface area contributed by atoms with Crippen molar-refractivity contribution in [2.24, 2.45) is 9.39 Å². The minimum Gasteiger partial charge on any atom is -0.291 e. The van der Waals surface area contributed by atoms with E-state index in [4.69, 9.17) is 0 Å². The zero-order valence-corrected chi connectivity index (χ0v) is 6.89. The number of aliphatic imine (C=N–C) groups is 1. The van der Waals surface area contributed by atoms with E-state index in [9.17, 15) is 26.3 Å². The number of halogens is 6. The molecule has 0 spiro atoms.